The Balaban J connectivity index is 1.44. The van der Waals surface area contributed by atoms with E-state index in [0.717, 1.165) is 0 Å². The molecule has 1 N–H and O–H groups in total. The standard InChI is InChI=1S/C18H16N4O3S/c1-2-16-21-13-9-11(3-4-14(13)25-16)20-15(23)5-7-22-10-19-17-12(18(22)24)6-8-26-17/h3-4,6,8-10H,2,5,7H2,1H3,(H,20,23). The van der Waals surface area contributed by atoms with E-state index in [0.29, 0.717) is 39.3 Å². The van der Waals surface area contributed by atoms with Gasteiger partial charge in [-0.1, -0.05) is 6.92 Å². The van der Waals surface area contributed by atoms with E-state index in [9.17, 15) is 9.59 Å². The number of aryl methyl sites for hydroxylation is 2. The number of benzene rings is 1. The third kappa shape index (κ3) is 3.11. The minimum Gasteiger partial charge on any atom is -0.441 e. The highest BCUT2D eigenvalue weighted by Crippen LogP contribution is 2.20. The Labute approximate surface area is 152 Å². The molecule has 4 aromatic rings. The maximum absolute atomic E-state index is 12.3. The van der Waals surface area contributed by atoms with E-state index in [2.05, 4.69) is 15.3 Å². The van der Waals surface area contributed by atoms with E-state index in [-0.39, 0.29) is 24.4 Å². The Bertz CT molecular complexity index is 1160. The normalized spacial score (nSPS) is 11.3. The van der Waals surface area contributed by atoms with Gasteiger partial charge >= 0.3 is 0 Å². The van der Waals surface area contributed by atoms with Crippen molar-refractivity contribution in [3.63, 3.8) is 0 Å². The van der Waals surface area contributed by atoms with Gasteiger partial charge in [0.2, 0.25) is 5.91 Å². The smallest absolute Gasteiger partial charge is 0.262 e. The van der Waals surface area contributed by atoms with E-state index in [1.807, 2.05) is 12.3 Å². The van der Waals surface area contributed by atoms with Crippen molar-refractivity contribution >= 4 is 44.2 Å². The van der Waals surface area contributed by atoms with Crippen LogP contribution in [0.5, 0.6) is 0 Å². The molecular formula is C18H16N4O3S. The summed E-state index contributed by atoms with van der Waals surface area (Å²) in [5.74, 6) is 0.486. The molecule has 0 saturated carbocycles. The fourth-order valence-electron chi connectivity index (χ4n) is 2.70. The third-order valence-electron chi connectivity index (χ3n) is 4.05. The first-order valence-corrected chi connectivity index (χ1v) is 9.14. The lowest BCUT2D eigenvalue weighted by atomic mass is 10.2. The Morgan fingerprint density at radius 3 is 3.08 bits per heavy atom. The molecule has 0 aliphatic carbocycles. The van der Waals surface area contributed by atoms with Crippen molar-refractivity contribution < 1.29 is 9.21 Å². The maximum atomic E-state index is 12.3. The molecule has 0 aliphatic rings. The molecule has 0 bridgehead atoms. The van der Waals surface area contributed by atoms with Crippen LogP contribution in [-0.4, -0.2) is 20.4 Å². The first kappa shape index (κ1) is 16.5. The lowest BCUT2D eigenvalue weighted by Gasteiger charge is -2.07. The van der Waals surface area contributed by atoms with Gasteiger partial charge in [-0.25, -0.2) is 9.97 Å². The number of amides is 1. The minimum atomic E-state index is -0.180. The van der Waals surface area contributed by atoms with Crippen molar-refractivity contribution in [2.45, 2.75) is 26.3 Å². The van der Waals surface area contributed by atoms with Crippen molar-refractivity contribution in [1.29, 1.82) is 0 Å². The number of nitrogens with zero attached hydrogens (tertiary/aromatic N) is 3. The van der Waals surface area contributed by atoms with Gasteiger partial charge < -0.3 is 9.73 Å². The van der Waals surface area contributed by atoms with Crippen LogP contribution in [0.15, 0.2) is 45.2 Å². The lowest BCUT2D eigenvalue weighted by Crippen LogP contribution is -2.23. The van der Waals surface area contributed by atoms with Gasteiger partial charge in [0.25, 0.3) is 5.56 Å². The number of rotatable bonds is 5. The SMILES string of the molecule is CCc1nc2cc(NC(=O)CCn3cnc4sccc4c3=O)ccc2o1. The summed E-state index contributed by atoms with van der Waals surface area (Å²) in [6.07, 6.45) is 2.38. The molecule has 3 heterocycles. The van der Waals surface area contributed by atoms with Gasteiger partial charge in [-0.05, 0) is 29.6 Å². The summed E-state index contributed by atoms with van der Waals surface area (Å²) in [4.78, 5) is 33.8. The average Bonchev–Trinajstić information content (AvgIpc) is 3.27. The van der Waals surface area contributed by atoms with Gasteiger partial charge in [-0.2, -0.15) is 0 Å². The molecule has 0 saturated heterocycles. The number of fused-ring (bicyclic) bond motifs is 2. The second-order valence-corrected chi connectivity index (χ2v) is 6.72. The molecule has 4 rings (SSSR count). The molecule has 3 aromatic heterocycles. The van der Waals surface area contributed by atoms with Gasteiger partial charge in [0.1, 0.15) is 10.3 Å². The van der Waals surface area contributed by atoms with E-state index in [4.69, 9.17) is 4.42 Å². The summed E-state index contributed by atoms with van der Waals surface area (Å²) in [7, 11) is 0. The summed E-state index contributed by atoms with van der Waals surface area (Å²) in [6.45, 7) is 2.24. The first-order chi connectivity index (χ1) is 12.6. The molecule has 7 nitrogen and oxygen atoms in total. The zero-order chi connectivity index (χ0) is 18.1. The second-order valence-electron chi connectivity index (χ2n) is 5.82. The van der Waals surface area contributed by atoms with Crippen LogP contribution in [0.1, 0.15) is 19.2 Å². The average molecular weight is 368 g/mol. The quantitative estimate of drug-likeness (QED) is 0.584. The Morgan fingerprint density at radius 2 is 2.23 bits per heavy atom. The number of hydrogen-bond donors (Lipinski definition) is 1. The van der Waals surface area contributed by atoms with E-state index < -0.39 is 0 Å². The van der Waals surface area contributed by atoms with E-state index in [1.54, 1.807) is 24.3 Å². The van der Waals surface area contributed by atoms with Crippen molar-refractivity contribution in [3.05, 3.63) is 52.2 Å². The number of carbonyl (C=O) groups excluding carboxylic acids is 1. The molecule has 132 valence electrons. The van der Waals surface area contributed by atoms with Gasteiger partial charge in [0, 0.05) is 25.1 Å². The molecule has 0 spiro atoms. The van der Waals surface area contributed by atoms with E-state index >= 15 is 0 Å². The van der Waals surface area contributed by atoms with Crippen LogP contribution in [0.25, 0.3) is 21.3 Å². The van der Waals surface area contributed by atoms with Crippen LogP contribution in [0, 0.1) is 0 Å². The Morgan fingerprint density at radius 1 is 1.35 bits per heavy atom. The predicted molar refractivity (Wildman–Crippen MR) is 101 cm³/mol. The van der Waals surface area contributed by atoms with Gasteiger partial charge in [0.15, 0.2) is 11.5 Å². The van der Waals surface area contributed by atoms with E-state index in [1.165, 1.54) is 22.2 Å². The fraction of sp³-hybridized carbons (Fsp3) is 0.222. The second kappa shape index (κ2) is 6.72. The number of anilines is 1. The highest BCUT2D eigenvalue weighted by Gasteiger charge is 2.09. The molecule has 0 aliphatic heterocycles. The van der Waals surface area contributed by atoms with Crippen molar-refractivity contribution in [3.8, 4) is 0 Å². The summed E-state index contributed by atoms with van der Waals surface area (Å²) in [6, 6.07) is 7.09. The number of aromatic nitrogens is 3. The van der Waals surface area contributed by atoms with Gasteiger partial charge in [-0.15, -0.1) is 11.3 Å². The zero-order valence-corrected chi connectivity index (χ0v) is 14.9. The minimum absolute atomic E-state index is 0.125. The van der Waals surface area contributed by atoms with Crippen LogP contribution in [-0.2, 0) is 17.8 Å². The zero-order valence-electron chi connectivity index (χ0n) is 14.1. The number of hydrogen-bond acceptors (Lipinski definition) is 6. The van der Waals surface area contributed by atoms with Crippen LogP contribution in [0.4, 0.5) is 5.69 Å². The van der Waals surface area contributed by atoms with Gasteiger partial charge in [-0.3, -0.25) is 14.2 Å². The maximum Gasteiger partial charge on any atom is 0.262 e. The van der Waals surface area contributed by atoms with Gasteiger partial charge in [0.05, 0.1) is 11.7 Å². The molecule has 8 heteroatoms. The predicted octanol–water partition coefficient (Wildman–Crippen LogP) is 3.19. The highest BCUT2D eigenvalue weighted by atomic mass is 32.1. The van der Waals surface area contributed by atoms with Crippen molar-refractivity contribution in [2.75, 3.05) is 5.32 Å². The molecule has 1 amide bonds. The molecule has 26 heavy (non-hydrogen) atoms. The first-order valence-electron chi connectivity index (χ1n) is 8.26. The summed E-state index contributed by atoms with van der Waals surface area (Å²) >= 11 is 1.42. The van der Waals surface area contributed by atoms with Crippen molar-refractivity contribution in [1.82, 2.24) is 14.5 Å². The van der Waals surface area contributed by atoms with Crippen LogP contribution >= 0.6 is 11.3 Å². The third-order valence-corrected chi connectivity index (χ3v) is 4.87. The number of carbonyl (C=O) groups is 1. The highest BCUT2D eigenvalue weighted by molar-refractivity contribution is 7.16. The number of oxazole rings is 1. The largest absolute Gasteiger partial charge is 0.441 e. The van der Waals surface area contributed by atoms with Crippen LogP contribution in [0.2, 0.25) is 0 Å². The molecule has 0 atom stereocenters. The molecule has 1 aromatic carbocycles. The molecule has 0 fully saturated rings. The van der Waals surface area contributed by atoms with Crippen LogP contribution in [0.3, 0.4) is 0 Å². The Hall–Kier alpha value is -3.00. The summed E-state index contributed by atoms with van der Waals surface area (Å²) in [5, 5.41) is 5.25. The topological polar surface area (TPSA) is 90.0 Å². The number of thiophene rings is 1. The summed E-state index contributed by atoms with van der Waals surface area (Å²) < 4.78 is 7.02. The molecular weight excluding hydrogens is 352 g/mol. The van der Waals surface area contributed by atoms with Crippen LogP contribution < -0.4 is 10.9 Å². The monoisotopic (exact) mass is 368 g/mol. The van der Waals surface area contributed by atoms with Crippen molar-refractivity contribution in [2.24, 2.45) is 0 Å². The lowest BCUT2D eigenvalue weighted by molar-refractivity contribution is -0.116. The molecule has 0 radical (unpaired) electrons. The fourth-order valence-corrected chi connectivity index (χ4v) is 3.43. The number of nitrogens with one attached hydrogen (secondary N) is 1. The summed E-state index contributed by atoms with van der Waals surface area (Å²) in [5.41, 5.74) is 1.93. The molecule has 0 unspecified atom stereocenters. The Kier molecular flexibility index (Phi) is 4.26.